The first kappa shape index (κ1) is 13.2. The van der Waals surface area contributed by atoms with Gasteiger partial charge < -0.3 is 15.6 Å². The number of nitrogens with one attached hydrogen (secondary N) is 1. The zero-order chi connectivity index (χ0) is 13.8. The maximum absolute atomic E-state index is 12.1. The maximum Gasteiger partial charge on any atom is 0.251 e. The van der Waals surface area contributed by atoms with Gasteiger partial charge in [-0.2, -0.15) is 0 Å². The van der Waals surface area contributed by atoms with Crippen molar-refractivity contribution in [2.45, 2.75) is 19.5 Å². The molecule has 2 rings (SSSR count). The van der Waals surface area contributed by atoms with E-state index in [1.54, 1.807) is 29.2 Å². The summed E-state index contributed by atoms with van der Waals surface area (Å²) in [7, 11) is 1.83. The van der Waals surface area contributed by atoms with E-state index in [1.165, 1.54) is 0 Å². The van der Waals surface area contributed by atoms with E-state index in [4.69, 9.17) is 5.73 Å². The van der Waals surface area contributed by atoms with E-state index < -0.39 is 0 Å². The summed E-state index contributed by atoms with van der Waals surface area (Å²) in [6.07, 6.45) is 3.17. The fourth-order valence-electron chi connectivity index (χ4n) is 1.76. The van der Waals surface area contributed by atoms with Crippen molar-refractivity contribution in [3.05, 3.63) is 41.7 Å². The van der Waals surface area contributed by atoms with E-state index in [-0.39, 0.29) is 11.9 Å². The molecule has 1 amide bonds. The van der Waals surface area contributed by atoms with E-state index >= 15 is 0 Å². The Kier molecular flexibility index (Phi) is 3.86. The van der Waals surface area contributed by atoms with Crippen molar-refractivity contribution >= 4 is 5.91 Å². The van der Waals surface area contributed by atoms with Gasteiger partial charge in [0.1, 0.15) is 6.33 Å². The van der Waals surface area contributed by atoms with Gasteiger partial charge in [0, 0.05) is 25.4 Å². The van der Waals surface area contributed by atoms with Crippen molar-refractivity contribution in [3.8, 4) is 0 Å². The first-order valence-electron chi connectivity index (χ1n) is 5.91. The van der Waals surface area contributed by atoms with Gasteiger partial charge in [-0.1, -0.05) is 0 Å². The van der Waals surface area contributed by atoms with Crippen LogP contribution in [0.2, 0.25) is 0 Å². The molecular weight excluding hydrogens is 244 g/mol. The van der Waals surface area contributed by atoms with Gasteiger partial charge in [0.15, 0.2) is 5.82 Å². The van der Waals surface area contributed by atoms with Gasteiger partial charge >= 0.3 is 0 Å². The number of amides is 1. The average Bonchev–Trinajstić information content (AvgIpc) is 2.85. The van der Waals surface area contributed by atoms with Gasteiger partial charge in [0.25, 0.3) is 5.91 Å². The quantitative estimate of drug-likeness (QED) is 0.815. The molecule has 0 bridgehead atoms. The lowest BCUT2D eigenvalue weighted by atomic mass is 10.2. The molecule has 1 unspecified atom stereocenters. The van der Waals surface area contributed by atoms with Crippen LogP contribution in [0.25, 0.3) is 0 Å². The van der Waals surface area contributed by atoms with Crippen LogP contribution in [-0.2, 0) is 13.6 Å². The van der Waals surface area contributed by atoms with Crippen LogP contribution in [0.4, 0.5) is 0 Å². The standard InChI is InChI=1S/C12H16N6O/c1-8(11-17-15-7-18(11)2)16-12(19)9-3-4-14-10(5-9)6-13/h3-5,7-8H,6,13H2,1-2H3,(H,16,19). The molecule has 0 spiro atoms. The summed E-state index contributed by atoms with van der Waals surface area (Å²) >= 11 is 0. The van der Waals surface area contributed by atoms with Crippen molar-refractivity contribution in [2.75, 3.05) is 0 Å². The van der Waals surface area contributed by atoms with E-state index in [0.29, 0.717) is 23.6 Å². The number of aryl methyl sites for hydroxylation is 1. The fourth-order valence-corrected chi connectivity index (χ4v) is 1.76. The average molecular weight is 260 g/mol. The second-order valence-electron chi connectivity index (χ2n) is 4.24. The summed E-state index contributed by atoms with van der Waals surface area (Å²) in [4.78, 5) is 16.1. The fraction of sp³-hybridized carbons (Fsp3) is 0.333. The van der Waals surface area contributed by atoms with Crippen molar-refractivity contribution in [1.29, 1.82) is 0 Å². The number of carbonyl (C=O) groups is 1. The Morgan fingerprint density at radius 3 is 3.00 bits per heavy atom. The lowest BCUT2D eigenvalue weighted by Gasteiger charge is -2.13. The Morgan fingerprint density at radius 1 is 1.58 bits per heavy atom. The van der Waals surface area contributed by atoms with Crippen LogP contribution >= 0.6 is 0 Å². The zero-order valence-electron chi connectivity index (χ0n) is 10.9. The minimum atomic E-state index is -0.227. The molecule has 2 aromatic heterocycles. The molecule has 0 saturated carbocycles. The molecule has 7 nitrogen and oxygen atoms in total. The molecule has 0 aliphatic rings. The number of pyridine rings is 1. The molecule has 0 fully saturated rings. The van der Waals surface area contributed by atoms with Crippen LogP contribution in [0.3, 0.4) is 0 Å². The molecular formula is C12H16N6O. The minimum absolute atomic E-state index is 0.187. The molecule has 1 atom stereocenters. The van der Waals surface area contributed by atoms with Crippen LogP contribution in [0.5, 0.6) is 0 Å². The highest BCUT2D eigenvalue weighted by atomic mass is 16.1. The van der Waals surface area contributed by atoms with Crippen LogP contribution in [0.1, 0.15) is 34.8 Å². The van der Waals surface area contributed by atoms with Crippen LogP contribution in [0, 0.1) is 0 Å². The molecule has 19 heavy (non-hydrogen) atoms. The summed E-state index contributed by atoms with van der Waals surface area (Å²) in [5.74, 6) is 0.508. The summed E-state index contributed by atoms with van der Waals surface area (Å²) in [5, 5.41) is 10.6. The van der Waals surface area contributed by atoms with E-state index in [0.717, 1.165) is 0 Å². The molecule has 0 aliphatic heterocycles. The summed E-state index contributed by atoms with van der Waals surface area (Å²) < 4.78 is 1.77. The number of hydrogen-bond donors (Lipinski definition) is 2. The Hall–Kier alpha value is -2.28. The third kappa shape index (κ3) is 2.94. The second-order valence-corrected chi connectivity index (χ2v) is 4.24. The summed E-state index contributed by atoms with van der Waals surface area (Å²) in [6, 6.07) is 3.10. The molecule has 100 valence electrons. The van der Waals surface area contributed by atoms with Gasteiger partial charge in [-0.05, 0) is 19.1 Å². The Morgan fingerprint density at radius 2 is 2.37 bits per heavy atom. The SMILES string of the molecule is CC(NC(=O)c1ccnc(CN)c1)c1nncn1C. The zero-order valence-corrected chi connectivity index (χ0v) is 10.9. The van der Waals surface area contributed by atoms with E-state index in [2.05, 4.69) is 20.5 Å². The predicted octanol–water partition coefficient (Wildman–Crippen LogP) is 0.160. The molecule has 0 aromatic carbocycles. The molecule has 3 N–H and O–H groups in total. The number of rotatable bonds is 4. The molecule has 0 saturated heterocycles. The van der Waals surface area contributed by atoms with Gasteiger partial charge in [0.05, 0.1) is 11.7 Å². The van der Waals surface area contributed by atoms with E-state index in [9.17, 15) is 4.79 Å². The summed E-state index contributed by atoms with van der Waals surface area (Å²) in [5.41, 5.74) is 6.71. The largest absolute Gasteiger partial charge is 0.342 e. The number of carbonyl (C=O) groups excluding carboxylic acids is 1. The Balaban J connectivity index is 2.10. The number of aromatic nitrogens is 4. The Bertz CT molecular complexity index is 579. The first-order valence-corrected chi connectivity index (χ1v) is 5.91. The third-order valence-electron chi connectivity index (χ3n) is 2.77. The Labute approximate surface area is 110 Å². The highest BCUT2D eigenvalue weighted by Crippen LogP contribution is 2.09. The molecule has 7 heteroatoms. The third-order valence-corrected chi connectivity index (χ3v) is 2.77. The smallest absolute Gasteiger partial charge is 0.251 e. The molecule has 0 radical (unpaired) electrons. The van der Waals surface area contributed by atoms with Crippen molar-refractivity contribution in [2.24, 2.45) is 12.8 Å². The number of hydrogen-bond acceptors (Lipinski definition) is 5. The number of nitrogens with zero attached hydrogens (tertiary/aromatic N) is 4. The minimum Gasteiger partial charge on any atom is -0.342 e. The van der Waals surface area contributed by atoms with Crippen molar-refractivity contribution in [3.63, 3.8) is 0 Å². The van der Waals surface area contributed by atoms with Crippen LogP contribution < -0.4 is 11.1 Å². The highest BCUT2D eigenvalue weighted by Gasteiger charge is 2.15. The predicted molar refractivity (Wildman–Crippen MR) is 69.0 cm³/mol. The normalized spacial score (nSPS) is 12.2. The van der Waals surface area contributed by atoms with Crippen molar-refractivity contribution in [1.82, 2.24) is 25.1 Å². The molecule has 2 heterocycles. The molecule has 2 aromatic rings. The van der Waals surface area contributed by atoms with Crippen LogP contribution in [0.15, 0.2) is 24.7 Å². The van der Waals surface area contributed by atoms with Gasteiger partial charge in [-0.3, -0.25) is 9.78 Å². The lowest BCUT2D eigenvalue weighted by Crippen LogP contribution is -2.28. The lowest BCUT2D eigenvalue weighted by molar-refractivity contribution is 0.0937. The molecule has 0 aliphatic carbocycles. The van der Waals surface area contributed by atoms with Gasteiger partial charge in [-0.15, -0.1) is 10.2 Å². The van der Waals surface area contributed by atoms with E-state index in [1.807, 2.05) is 14.0 Å². The summed E-state index contributed by atoms with van der Waals surface area (Å²) in [6.45, 7) is 2.16. The second kappa shape index (κ2) is 5.57. The van der Waals surface area contributed by atoms with Gasteiger partial charge in [-0.25, -0.2) is 0 Å². The highest BCUT2D eigenvalue weighted by molar-refractivity contribution is 5.94. The maximum atomic E-state index is 12.1. The van der Waals surface area contributed by atoms with Crippen LogP contribution in [-0.4, -0.2) is 25.7 Å². The van der Waals surface area contributed by atoms with Crippen molar-refractivity contribution < 1.29 is 4.79 Å². The first-order chi connectivity index (χ1) is 9.11. The topological polar surface area (TPSA) is 98.7 Å². The monoisotopic (exact) mass is 260 g/mol. The van der Waals surface area contributed by atoms with Gasteiger partial charge in [0.2, 0.25) is 0 Å². The number of nitrogens with two attached hydrogens (primary N) is 1.